The van der Waals surface area contributed by atoms with Gasteiger partial charge >= 0.3 is 6.07 Å². The molecule has 0 N–H and O–H groups in total. The molecule has 0 radical (unpaired) electrons. The molecule has 0 saturated heterocycles. The number of hydrogen-bond donors (Lipinski definition) is 0. The smallest absolute Gasteiger partial charge is 0.305 e. The Balaban J connectivity index is 4.34. The van der Waals surface area contributed by atoms with Crippen molar-refractivity contribution in [2.75, 3.05) is 12.4 Å². The lowest BCUT2D eigenvalue weighted by atomic mass is 10.4. The van der Waals surface area contributed by atoms with Crippen molar-refractivity contribution in [1.29, 1.82) is 0 Å². The van der Waals surface area contributed by atoms with E-state index in [0.717, 1.165) is 36.4 Å². The van der Waals surface area contributed by atoms with E-state index in [1.807, 2.05) is 13.8 Å². The first-order valence-corrected chi connectivity index (χ1v) is 11.6. The molecule has 0 heterocycles. The van der Waals surface area contributed by atoms with Gasteiger partial charge in [0.05, 0.1) is 6.61 Å². The molecule has 0 aromatic heterocycles. The topological polar surface area (TPSA) is 60.4 Å². The lowest BCUT2D eigenvalue weighted by Crippen LogP contribution is -2.17. The molecular formula is C11H19Cl2O4PS2. The Kier molecular flexibility index (Phi) is 11.8. The van der Waals surface area contributed by atoms with Crippen molar-refractivity contribution in [3.63, 3.8) is 0 Å². The maximum absolute atomic E-state index is 11.6. The second-order valence-corrected chi connectivity index (χ2v) is 10.7. The second kappa shape index (κ2) is 11.4. The molecule has 0 rings (SSSR count). The van der Waals surface area contributed by atoms with Crippen molar-refractivity contribution in [2.24, 2.45) is 0 Å². The molecule has 4 nitrogen and oxygen atoms in total. The van der Waals surface area contributed by atoms with Gasteiger partial charge in [-0.15, -0.1) is 0 Å². The first-order valence-electron chi connectivity index (χ1n) is 6.27. The van der Waals surface area contributed by atoms with E-state index in [-0.39, 0.29) is 22.1 Å². The van der Waals surface area contributed by atoms with Crippen molar-refractivity contribution < 1.29 is 18.7 Å². The van der Waals surface area contributed by atoms with Gasteiger partial charge in [-0.05, 0) is 35.3 Å². The SMILES string of the molecule is CCCC(=O)SC[C@H](COP(=O)(Cl)Cl)SC(=O)CCC. The van der Waals surface area contributed by atoms with Gasteiger partial charge in [-0.2, -0.15) is 0 Å². The van der Waals surface area contributed by atoms with Crippen molar-refractivity contribution in [3.05, 3.63) is 0 Å². The van der Waals surface area contributed by atoms with Crippen LogP contribution in [0.3, 0.4) is 0 Å². The van der Waals surface area contributed by atoms with E-state index in [9.17, 15) is 14.2 Å². The van der Waals surface area contributed by atoms with E-state index >= 15 is 0 Å². The third-order valence-corrected chi connectivity index (χ3v) is 5.49. The molecular weight excluding hydrogens is 362 g/mol. The van der Waals surface area contributed by atoms with Crippen molar-refractivity contribution in [2.45, 2.75) is 44.8 Å². The van der Waals surface area contributed by atoms with Crippen LogP contribution in [0.2, 0.25) is 0 Å². The predicted molar refractivity (Wildman–Crippen MR) is 88.9 cm³/mol. The molecule has 0 aliphatic rings. The van der Waals surface area contributed by atoms with Gasteiger partial charge in [0.2, 0.25) is 0 Å². The summed E-state index contributed by atoms with van der Waals surface area (Å²) < 4.78 is 16.0. The highest BCUT2D eigenvalue weighted by Gasteiger charge is 2.22. The fraction of sp³-hybridized carbons (Fsp3) is 0.818. The minimum absolute atomic E-state index is 0.0171. The summed E-state index contributed by atoms with van der Waals surface area (Å²) in [4.78, 5) is 23.1. The van der Waals surface area contributed by atoms with Crippen LogP contribution in [-0.2, 0) is 18.7 Å². The van der Waals surface area contributed by atoms with Crippen LogP contribution >= 0.6 is 52.1 Å². The molecule has 0 spiro atoms. The number of thioether (sulfide) groups is 2. The quantitative estimate of drug-likeness (QED) is 0.492. The number of carbonyl (C=O) groups is 2. The molecule has 9 heteroatoms. The fourth-order valence-corrected chi connectivity index (χ4v) is 4.11. The summed E-state index contributed by atoms with van der Waals surface area (Å²) in [5.74, 6) is 0.409. The van der Waals surface area contributed by atoms with Crippen LogP contribution in [0.1, 0.15) is 39.5 Å². The zero-order chi connectivity index (χ0) is 15.6. The third-order valence-electron chi connectivity index (χ3n) is 2.05. The van der Waals surface area contributed by atoms with Gasteiger partial charge in [-0.1, -0.05) is 37.4 Å². The van der Waals surface area contributed by atoms with Crippen LogP contribution in [0.15, 0.2) is 0 Å². The molecule has 0 aromatic rings. The fourth-order valence-electron chi connectivity index (χ4n) is 1.20. The van der Waals surface area contributed by atoms with Gasteiger partial charge in [0, 0.05) is 23.8 Å². The van der Waals surface area contributed by atoms with E-state index in [0.29, 0.717) is 18.6 Å². The van der Waals surface area contributed by atoms with Crippen LogP contribution < -0.4 is 0 Å². The van der Waals surface area contributed by atoms with Gasteiger partial charge in [0.25, 0.3) is 0 Å². The highest BCUT2D eigenvalue weighted by atomic mass is 35.9. The molecule has 0 saturated carbocycles. The molecule has 0 aliphatic heterocycles. The minimum atomic E-state index is -3.61. The van der Waals surface area contributed by atoms with Gasteiger partial charge in [-0.25, -0.2) is 0 Å². The Morgan fingerprint density at radius 1 is 1.15 bits per heavy atom. The predicted octanol–water partition coefficient (Wildman–Crippen LogP) is 5.08. The monoisotopic (exact) mass is 380 g/mol. The summed E-state index contributed by atoms with van der Waals surface area (Å²) in [6.07, 6.45) is -1.13. The van der Waals surface area contributed by atoms with E-state index in [4.69, 9.17) is 27.0 Å². The standard InChI is InChI=1S/C11H19Cl2O4PS2/c1-3-5-10(14)19-8-9(7-17-18(12,13)16)20-11(15)6-4-2/h9H,3-8H2,1-2H3/t9-/m0/s1. The number of hydrogen-bond acceptors (Lipinski definition) is 6. The maximum Gasteiger partial charge on any atom is 0.380 e. The molecule has 20 heavy (non-hydrogen) atoms. The average Bonchev–Trinajstić information content (AvgIpc) is 2.32. The Morgan fingerprint density at radius 2 is 1.70 bits per heavy atom. The van der Waals surface area contributed by atoms with E-state index in [1.54, 1.807) is 0 Å². The normalized spacial score (nSPS) is 13.2. The van der Waals surface area contributed by atoms with Gasteiger partial charge in [0.15, 0.2) is 10.2 Å². The number of carbonyl (C=O) groups excluding carboxylic acids is 2. The minimum Gasteiger partial charge on any atom is -0.305 e. The molecule has 118 valence electrons. The molecule has 0 aliphatic carbocycles. The van der Waals surface area contributed by atoms with Gasteiger partial charge < -0.3 is 4.52 Å². The van der Waals surface area contributed by atoms with Crippen LogP contribution in [0.5, 0.6) is 0 Å². The summed E-state index contributed by atoms with van der Waals surface area (Å²) in [6, 6.07) is 0. The summed E-state index contributed by atoms with van der Waals surface area (Å²) in [5, 5.41) is -0.199. The highest BCUT2D eigenvalue weighted by molar-refractivity contribution is 8.17. The van der Waals surface area contributed by atoms with Crippen LogP contribution in [-0.4, -0.2) is 27.8 Å². The Labute approximate surface area is 138 Å². The average molecular weight is 381 g/mol. The third kappa shape index (κ3) is 12.5. The zero-order valence-electron chi connectivity index (χ0n) is 11.5. The summed E-state index contributed by atoms with van der Waals surface area (Å²) >= 11 is 12.9. The van der Waals surface area contributed by atoms with Crippen LogP contribution in [0.4, 0.5) is 0 Å². The number of halogens is 2. The molecule has 0 amide bonds. The summed E-state index contributed by atoms with van der Waals surface area (Å²) in [6.45, 7) is 3.82. The maximum atomic E-state index is 11.6. The summed E-state index contributed by atoms with van der Waals surface area (Å²) in [5.41, 5.74) is 0. The van der Waals surface area contributed by atoms with Gasteiger partial charge in [-0.3, -0.25) is 14.2 Å². The molecule has 0 fully saturated rings. The summed E-state index contributed by atoms with van der Waals surface area (Å²) in [7, 11) is 0. The van der Waals surface area contributed by atoms with Crippen molar-refractivity contribution in [1.82, 2.24) is 0 Å². The largest absolute Gasteiger partial charge is 0.380 e. The Morgan fingerprint density at radius 3 is 2.20 bits per heavy atom. The number of rotatable bonds is 10. The first-order chi connectivity index (χ1) is 9.28. The Bertz CT molecular complexity index is 362. The molecule has 0 aromatic carbocycles. The first kappa shape index (κ1) is 20.8. The van der Waals surface area contributed by atoms with Crippen molar-refractivity contribution >= 4 is 62.3 Å². The van der Waals surface area contributed by atoms with E-state index < -0.39 is 6.07 Å². The van der Waals surface area contributed by atoms with Crippen LogP contribution in [0.25, 0.3) is 0 Å². The molecule has 1 atom stereocenters. The zero-order valence-corrected chi connectivity index (χ0v) is 15.5. The highest BCUT2D eigenvalue weighted by Crippen LogP contribution is 2.57. The molecule has 0 unspecified atom stereocenters. The van der Waals surface area contributed by atoms with E-state index in [1.165, 1.54) is 0 Å². The van der Waals surface area contributed by atoms with E-state index in [2.05, 4.69) is 0 Å². The Hall–Kier alpha value is 0.810. The lowest BCUT2D eigenvalue weighted by molar-refractivity contribution is -0.111. The van der Waals surface area contributed by atoms with Gasteiger partial charge in [0.1, 0.15) is 0 Å². The molecule has 0 bridgehead atoms. The second-order valence-electron chi connectivity index (χ2n) is 4.01. The lowest BCUT2D eigenvalue weighted by Gasteiger charge is -2.15. The van der Waals surface area contributed by atoms with Crippen LogP contribution in [0, 0.1) is 0 Å². The van der Waals surface area contributed by atoms with Crippen molar-refractivity contribution in [3.8, 4) is 0 Å².